The van der Waals surface area contributed by atoms with Crippen LogP contribution in [0.5, 0.6) is 23.1 Å². The number of rotatable bonds is 5. The third-order valence-electron chi connectivity index (χ3n) is 4.52. The molecule has 0 aliphatic carbocycles. The van der Waals surface area contributed by atoms with E-state index in [2.05, 4.69) is 24.9 Å². The molecule has 29 heavy (non-hydrogen) atoms. The van der Waals surface area contributed by atoms with Crippen molar-refractivity contribution in [2.75, 3.05) is 14.2 Å². The summed E-state index contributed by atoms with van der Waals surface area (Å²) in [7, 11) is 3.15. The molecule has 4 aromatic rings. The van der Waals surface area contributed by atoms with Crippen LogP contribution in [-0.4, -0.2) is 39.1 Å². The molecule has 146 valence electrons. The predicted octanol–water partition coefficient (Wildman–Crippen LogP) is 3.91. The number of hydrogen-bond donors (Lipinski definition) is 0. The van der Waals surface area contributed by atoms with Gasteiger partial charge in [0.2, 0.25) is 5.88 Å². The molecule has 0 spiro atoms. The minimum Gasteiger partial charge on any atom is -0.493 e. The highest BCUT2D eigenvalue weighted by Crippen LogP contribution is 2.37. The van der Waals surface area contributed by atoms with Gasteiger partial charge in [0.25, 0.3) is 0 Å². The fourth-order valence-electron chi connectivity index (χ4n) is 2.88. The van der Waals surface area contributed by atoms with E-state index < -0.39 is 0 Å². The number of nitrogens with zero attached hydrogens (tertiary/aromatic N) is 5. The van der Waals surface area contributed by atoms with Gasteiger partial charge in [0.15, 0.2) is 28.8 Å². The molecule has 4 rings (SSSR count). The molecule has 0 fully saturated rings. The van der Waals surface area contributed by atoms with Gasteiger partial charge in [-0.05, 0) is 37.6 Å². The normalized spacial score (nSPS) is 10.8. The molecule has 0 bridgehead atoms. The molecule has 3 heterocycles. The van der Waals surface area contributed by atoms with E-state index in [1.807, 2.05) is 19.9 Å². The fourth-order valence-corrected chi connectivity index (χ4v) is 2.88. The maximum atomic E-state index is 6.20. The second-order valence-electron chi connectivity index (χ2n) is 6.32. The molecule has 8 heteroatoms. The summed E-state index contributed by atoms with van der Waals surface area (Å²) in [6, 6.07) is 7.23. The molecular weight excluding hydrogens is 370 g/mol. The minimum atomic E-state index is 0.373. The second-order valence-corrected chi connectivity index (χ2v) is 6.32. The molecule has 0 saturated heterocycles. The number of methoxy groups -OCH3 is 2. The number of hydrogen-bond acceptors (Lipinski definition) is 8. The van der Waals surface area contributed by atoms with Crippen molar-refractivity contribution in [1.29, 1.82) is 0 Å². The van der Waals surface area contributed by atoms with E-state index in [1.54, 1.807) is 44.8 Å². The highest BCUT2D eigenvalue weighted by Gasteiger charge is 2.17. The van der Waals surface area contributed by atoms with E-state index in [4.69, 9.17) is 14.2 Å². The van der Waals surface area contributed by atoms with Crippen molar-refractivity contribution in [3.63, 3.8) is 0 Å². The van der Waals surface area contributed by atoms with Crippen molar-refractivity contribution in [2.24, 2.45) is 0 Å². The van der Waals surface area contributed by atoms with Crippen LogP contribution in [0.15, 0.2) is 43.0 Å². The van der Waals surface area contributed by atoms with Crippen LogP contribution in [0.4, 0.5) is 0 Å². The Hall–Kier alpha value is -3.81. The Balaban J connectivity index is 1.86. The molecule has 0 aliphatic rings. The maximum absolute atomic E-state index is 6.20. The van der Waals surface area contributed by atoms with Gasteiger partial charge in [-0.2, -0.15) is 0 Å². The van der Waals surface area contributed by atoms with Crippen LogP contribution < -0.4 is 14.2 Å². The quantitative estimate of drug-likeness (QED) is 0.507. The van der Waals surface area contributed by atoms with Crippen LogP contribution in [0.1, 0.15) is 11.3 Å². The summed E-state index contributed by atoms with van der Waals surface area (Å²) in [6.07, 6.45) is 4.77. The number of aromatic nitrogens is 5. The first kappa shape index (κ1) is 18.5. The Morgan fingerprint density at radius 1 is 0.793 bits per heavy atom. The van der Waals surface area contributed by atoms with E-state index in [0.29, 0.717) is 45.5 Å². The molecule has 8 nitrogen and oxygen atoms in total. The number of ether oxygens (including phenoxy) is 3. The summed E-state index contributed by atoms with van der Waals surface area (Å²) < 4.78 is 17.0. The van der Waals surface area contributed by atoms with E-state index in [1.165, 1.54) is 6.33 Å². The van der Waals surface area contributed by atoms with E-state index in [-0.39, 0.29) is 0 Å². The first-order chi connectivity index (χ1) is 14.1. The fraction of sp³-hybridized carbons (Fsp3) is 0.190. The van der Waals surface area contributed by atoms with Crippen LogP contribution in [0, 0.1) is 13.8 Å². The molecule has 3 aromatic heterocycles. The Morgan fingerprint density at radius 3 is 2.24 bits per heavy atom. The zero-order valence-corrected chi connectivity index (χ0v) is 16.5. The molecule has 0 saturated carbocycles. The Kier molecular flexibility index (Phi) is 4.90. The van der Waals surface area contributed by atoms with Crippen molar-refractivity contribution < 1.29 is 14.2 Å². The van der Waals surface area contributed by atoms with Crippen molar-refractivity contribution in [2.45, 2.75) is 13.8 Å². The van der Waals surface area contributed by atoms with Gasteiger partial charge in [0.05, 0.1) is 25.1 Å². The van der Waals surface area contributed by atoms with Gasteiger partial charge in [0.1, 0.15) is 6.33 Å². The molecule has 0 aliphatic heterocycles. The van der Waals surface area contributed by atoms with Gasteiger partial charge in [-0.15, -0.1) is 0 Å². The minimum absolute atomic E-state index is 0.373. The first-order valence-electron chi connectivity index (χ1n) is 8.91. The van der Waals surface area contributed by atoms with E-state index >= 15 is 0 Å². The molecule has 0 atom stereocenters. The zero-order valence-electron chi connectivity index (χ0n) is 16.5. The number of benzene rings is 1. The third kappa shape index (κ3) is 3.52. The number of fused-ring (bicyclic) bond motifs is 1. The maximum Gasteiger partial charge on any atom is 0.230 e. The molecule has 1 aromatic carbocycles. The summed E-state index contributed by atoms with van der Waals surface area (Å²) >= 11 is 0. The molecule has 0 N–H and O–H groups in total. The summed E-state index contributed by atoms with van der Waals surface area (Å²) in [5.74, 6) is 2.50. The Bertz CT molecular complexity index is 1180. The number of aryl methyl sites for hydroxylation is 2. The van der Waals surface area contributed by atoms with Crippen LogP contribution >= 0.6 is 0 Å². The summed E-state index contributed by atoms with van der Waals surface area (Å²) in [5, 5.41) is 0.684. The van der Waals surface area contributed by atoms with Gasteiger partial charge in [-0.25, -0.2) is 24.9 Å². The lowest BCUT2D eigenvalue weighted by Gasteiger charge is -2.14. The number of pyridine rings is 1. The van der Waals surface area contributed by atoms with Crippen molar-refractivity contribution in [1.82, 2.24) is 24.9 Å². The predicted molar refractivity (Wildman–Crippen MR) is 107 cm³/mol. The van der Waals surface area contributed by atoms with Crippen LogP contribution in [-0.2, 0) is 0 Å². The molecule has 0 radical (unpaired) electrons. The SMILES string of the molecule is COc1cc2ncnc(Oc3cc(C)c(C)nc3-c3ncccn3)c2cc1OC. The summed E-state index contributed by atoms with van der Waals surface area (Å²) in [4.78, 5) is 21.9. The summed E-state index contributed by atoms with van der Waals surface area (Å²) in [5.41, 5.74) is 3.07. The third-order valence-corrected chi connectivity index (χ3v) is 4.52. The van der Waals surface area contributed by atoms with E-state index in [0.717, 1.165) is 11.3 Å². The lowest BCUT2D eigenvalue weighted by molar-refractivity contribution is 0.355. The van der Waals surface area contributed by atoms with Crippen LogP contribution in [0.3, 0.4) is 0 Å². The Labute approximate surface area is 167 Å². The largest absolute Gasteiger partial charge is 0.493 e. The zero-order chi connectivity index (χ0) is 20.4. The van der Waals surface area contributed by atoms with Gasteiger partial charge in [0, 0.05) is 24.2 Å². The average Bonchev–Trinajstić information content (AvgIpc) is 2.76. The van der Waals surface area contributed by atoms with E-state index in [9.17, 15) is 0 Å². The molecule has 0 unspecified atom stereocenters. The average molecular weight is 389 g/mol. The highest BCUT2D eigenvalue weighted by atomic mass is 16.5. The highest BCUT2D eigenvalue weighted by molar-refractivity contribution is 5.87. The molecular formula is C21H19N5O3. The van der Waals surface area contributed by atoms with Gasteiger partial charge in [-0.3, -0.25) is 0 Å². The lowest BCUT2D eigenvalue weighted by atomic mass is 10.2. The van der Waals surface area contributed by atoms with Crippen LogP contribution in [0.25, 0.3) is 22.4 Å². The monoisotopic (exact) mass is 389 g/mol. The first-order valence-corrected chi connectivity index (χ1v) is 8.91. The van der Waals surface area contributed by atoms with Crippen LogP contribution in [0.2, 0.25) is 0 Å². The van der Waals surface area contributed by atoms with Gasteiger partial charge in [-0.1, -0.05) is 0 Å². The van der Waals surface area contributed by atoms with Gasteiger partial charge < -0.3 is 14.2 Å². The van der Waals surface area contributed by atoms with Crippen molar-refractivity contribution in [3.05, 3.63) is 54.2 Å². The van der Waals surface area contributed by atoms with Crippen molar-refractivity contribution in [3.8, 4) is 34.6 Å². The smallest absolute Gasteiger partial charge is 0.230 e. The van der Waals surface area contributed by atoms with Gasteiger partial charge >= 0.3 is 0 Å². The second kappa shape index (κ2) is 7.67. The Morgan fingerprint density at radius 2 is 1.52 bits per heavy atom. The van der Waals surface area contributed by atoms with Crippen molar-refractivity contribution >= 4 is 10.9 Å². The lowest BCUT2D eigenvalue weighted by Crippen LogP contribution is -2.00. The summed E-state index contributed by atoms with van der Waals surface area (Å²) in [6.45, 7) is 3.90. The topological polar surface area (TPSA) is 92.1 Å². The molecule has 0 amide bonds. The standard InChI is InChI=1S/C21H19N5O3/c1-12-8-18(19(26-13(12)2)20-22-6-5-7-23-20)29-21-14-9-16(27-3)17(28-4)10-15(14)24-11-25-21/h5-11H,1-4H3.